The molecule has 0 aromatic heterocycles. The third-order valence-corrected chi connectivity index (χ3v) is 2.19. The number of nitrogens with one attached hydrogen (secondary N) is 1. The van der Waals surface area contributed by atoms with Crippen molar-refractivity contribution in [2.75, 3.05) is 5.43 Å². The standard InChI is InChI=1S/C8H9BrN2O3/c9-4-1-2-5(6(3-4)11-10)7(12)8(13)14/h1-3,7,11-12H,10H2,(H,13,14). The lowest BCUT2D eigenvalue weighted by Gasteiger charge is -2.11. The van der Waals surface area contributed by atoms with Crippen LogP contribution in [0.25, 0.3) is 0 Å². The molecule has 0 radical (unpaired) electrons. The third-order valence-electron chi connectivity index (χ3n) is 1.70. The normalized spacial score (nSPS) is 12.2. The van der Waals surface area contributed by atoms with Gasteiger partial charge in [0.15, 0.2) is 6.10 Å². The SMILES string of the molecule is NNc1cc(Br)ccc1C(O)C(=O)O. The molecule has 0 heterocycles. The maximum atomic E-state index is 10.5. The smallest absolute Gasteiger partial charge is 0.337 e. The number of nitrogen functional groups attached to an aromatic ring is 1. The Hall–Kier alpha value is -1.11. The van der Waals surface area contributed by atoms with E-state index >= 15 is 0 Å². The van der Waals surface area contributed by atoms with Gasteiger partial charge >= 0.3 is 5.97 Å². The van der Waals surface area contributed by atoms with Crippen molar-refractivity contribution in [1.29, 1.82) is 0 Å². The first-order valence-corrected chi connectivity index (χ1v) is 4.52. The molecular formula is C8H9BrN2O3. The van der Waals surface area contributed by atoms with Crippen LogP contribution in [0.1, 0.15) is 11.7 Å². The van der Waals surface area contributed by atoms with Gasteiger partial charge in [-0.15, -0.1) is 0 Å². The fourth-order valence-electron chi connectivity index (χ4n) is 1.02. The van der Waals surface area contributed by atoms with Gasteiger partial charge in [0.2, 0.25) is 0 Å². The summed E-state index contributed by atoms with van der Waals surface area (Å²) in [4.78, 5) is 10.5. The number of hydrogen-bond acceptors (Lipinski definition) is 4. The molecule has 0 fully saturated rings. The minimum Gasteiger partial charge on any atom is -0.479 e. The zero-order valence-electron chi connectivity index (χ0n) is 7.07. The molecule has 0 aliphatic rings. The minimum atomic E-state index is -1.57. The van der Waals surface area contributed by atoms with Crippen LogP contribution in [0.2, 0.25) is 0 Å². The molecular weight excluding hydrogens is 252 g/mol. The van der Waals surface area contributed by atoms with Crippen LogP contribution in [0.3, 0.4) is 0 Å². The van der Waals surface area contributed by atoms with Gasteiger partial charge in [0.05, 0.1) is 5.69 Å². The number of carboxylic acids is 1. The molecule has 0 aliphatic heterocycles. The number of halogens is 1. The predicted molar refractivity (Wildman–Crippen MR) is 54.5 cm³/mol. The quantitative estimate of drug-likeness (QED) is 0.478. The van der Waals surface area contributed by atoms with Crippen LogP contribution in [-0.2, 0) is 4.79 Å². The molecule has 0 amide bonds. The number of aliphatic hydroxyl groups excluding tert-OH is 1. The molecule has 0 saturated heterocycles. The van der Waals surface area contributed by atoms with Crippen molar-refractivity contribution in [2.24, 2.45) is 5.84 Å². The van der Waals surface area contributed by atoms with Crippen molar-refractivity contribution in [3.05, 3.63) is 28.2 Å². The second-order valence-corrected chi connectivity index (χ2v) is 3.53. The van der Waals surface area contributed by atoms with E-state index in [0.29, 0.717) is 5.69 Å². The predicted octanol–water partition coefficient (Wildman–Crippen LogP) is 0.853. The number of hydrazine groups is 1. The van der Waals surface area contributed by atoms with E-state index in [-0.39, 0.29) is 5.56 Å². The highest BCUT2D eigenvalue weighted by Gasteiger charge is 2.19. The van der Waals surface area contributed by atoms with E-state index in [1.807, 2.05) is 0 Å². The lowest BCUT2D eigenvalue weighted by molar-refractivity contribution is -0.146. The lowest BCUT2D eigenvalue weighted by atomic mass is 10.1. The second-order valence-electron chi connectivity index (χ2n) is 2.62. The summed E-state index contributed by atoms with van der Waals surface area (Å²) in [7, 11) is 0. The molecule has 0 saturated carbocycles. The van der Waals surface area contributed by atoms with Gasteiger partial charge in [-0.3, -0.25) is 5.84 Å². The maximum absolute atomic E-state index is 10.5. The molecule has 1 aromatic rings. The number of carbonyl (C=O) groups is 1. The molecule has 76 valence electrons. The fourth-order valence-corrected chi connectivity index (χ4v) is 1.39. The molecule has 1 aromatic carbocycles. The van der Waals surface area contributed by atoms with Gasteiger partial charge in [-0.05, 0) is 12.1 Å². The highest BCUT2D eigenvalue weighted by molar-refractivity contribution is 9.10. The summed E-state index contributed by atoms with van der Waals surface area (Å²) in [5, 5.41) is 17.9. The Morgan fingerprint density at radius 3 is 2.71 bits per heavy atom. The van der Waals surface area contributed by atoms with Crippen molar-refractivity contribution < 1.29 is 15.0 Å². The van der Waals surface area contributed by atoms with Crippen LogP contribution in [-0.4, -0.2) is 16.2 Å². The number of rotatable bonds is 3. The molecule has 0 aliphatic carbocycles. The molecule has 5 nitrogen and oxygen atoms in total. The minimum absolute atomic E-state index is 0.225. The van der Waals surface area contributed by atoms with E-state index in [1.165, 1.54) is 6.07 Å². The van der Waals surface area contributed by atoms with Gasteiger partial charge in [-0.25, -0.2) is 4.79 Å². The maximum Gasteiger partial charge on any atom is 0.337 e. The number of carboxylic acid groups (broad SMARTS) is 1. The van der Waals surface area contributed by atoms with Crippen molar-refractivity contribution in [1.82, 2.24) is 0 Å². The van der Waals surface area contributed by atoms with Gasteiger partial charge in [0, 0.05) is 10.0 Å². The summed E-state index contributed by atoms with van der Waals surface area (Å²) in [6.45, 7) is 0. The molecule has 1 atom stereocenters. The van der Waals surface area contributed by atoms with E-state index in [0.717, 1.165) is 4.47 Å². The van der Waals surface area contributed by atoms with Gasteiger partial charge in [0.1, 0.15) is 0 Å². The molecule has 14 heavy (non-hydrogen) atoms. The van der Waals surface area contributed by atoms with Crippen LogP contribution >= 0.6 is 15.9 Å². The Kier molecular flexibility index (Phi) is 3.45. The van der Waals surface area contributed by atoms with Crippen LogP contribution in [0.4, 0.5) is 5.69 Å². The Morgan fingerprint density at radius 2 is 2.21 bits per heavy atom. The monoisotopic (exact) mass is 260 g/mol. The average molecular weight is 261 g/mol. The van der Waals surface area contributed by atoms with Crippen LogP contribution < -0.4 is 11.3 Å². The Balaban J connectivity index is 3.13. The zero-order valence-corrected chi connectivity index (χ0v) is 8.65. The number of nitrogens with two attached hydrogens (primary N) is 1. The van der Waals surface area contributed by atoms with Crippen LogP contribution in [0.15, 0.2) is 22.7 Å². The highest BCUT2D eigenvalue weighted by atomic mass is 79.9. The number of aliphatic hydroxyl groups is 1. The molecule has 0 spiro atoms. The van der Waals surface area contributed by atoms with Gasteiger partial charge in [-0.2, -0.15) is 0 Å². The first-order valence-electron chi connectivity index (χ1n) is 3.73. The summed E-state index contributed by atoms with van der Waals surface area (Å²) in [6.07, 6.45) is -1.57. The van der Waals surface area contributed by atoms with Gasteiger partial charge in [0.25, 0.3) is 0 Å². The summed E-state index contributed by atoms with van der Waals surface area (Å²) in [6, 6.07) is 4.70. The van der Waals surface area contributed by atoms with E-state index in [2.05, 4.69) is 21.4 Å². The highest BCUT2D eigenvalue weighted by Crippen LogP contribution is 2.26. The summed E-state index contributed by atoms with van der Waals surface area (Å²) >= 11 is 3.20. The molecule has 1 rings (SSSR count). The summed E-state index contributed by atoms with van der Waals surface area (Å²) < 4.78 is 0.742. The number of benzene rings is 1. The summed E-state index contributed by atoms with van der Waals surface area (Å²) in [5.41, 5.74) is 2.91. The van der Waals surface area contributed by atoms with Crippen molar-refractivity contribution in [3.63, 3.8) is 0 Å². The molecule has 6 heteroatoms. The van der Waals surface area contributed by atoms with Crippen LogP contribution in [0, 0.1) is 0 Å². The number of anilines is 1. The first kappa shape index (κ1) is 11.0. The first-order chi connectivity index (χ1) is 6.56. The van der Waals surface area contributed by atoms with E-state index < -0.39 is 12.1 Å². The van der Waals surface area contributed by atoms with Gasteiger partial charge in [-0.1, -0.05) is 22.0 Å². The molecule has 1 unspecified atom stereocenters. The van der Waals surface area contributed by atoms with Gasteiger partial charge < -0.3 is 15.6 Å². The molecule has 0 bridgehead atoms. The van der Waals surface area contributed by atoms with Crippen molar-refractivity contribution in [3.8, 4) is 0 Å². The number of hydrogen-bond donors (Lipinski definition) is 4. The van der Waals surface area contributed by atoms with Crippen molar-refractivity contribution in [2.45, 2.75) is 6.10 Å². The second kappa shape index (κ2) is 4.41. The lowest BCUT2D eigenvalue weighted by Crippen LogP contribution is -2.16. The topological polar surface area (TPSA) is 95.6 Å². The zero-order chi connectivity index (χ0) is 10.7. The van der Waals surface area contributed by atoms with E-state index in [4.69, 9.17) is 10.9 Å². The van der Waals surface area contributed by atoms with Crippen LogP contribution in [0.5, 0.6) is 0 Å². The number of aliphatic carboxylic acids is 1. The van der Waals surface area contributed by atoms with E-state index in [9.17, 15) is 9.90 Å². The third kappa shape index (κ3) is 2.22. The Morgan fingerprint density at radius 1 is 1.57 bits per heavy atom. The Labute approximate surface area is 88.6 Å². The van der Waals surface area contributed by atoms with Crippen molar-refractivity contribution >= 4 is 27.6 Å². The largest absolute Gasteiger partial charge is 0.479 e. The van der Waals surface area contributed by atoms with E-state index in [1.54, 1.807) is 12.1 Å². The Bertz CT molecular complexity index is 356. The fraction of sp³-hybridized carbons (Fsp3) is 0.125. The summed E-state index contributed by atoms with van der Waals surface area (Å²) in [5.74, 6) is 3.87. The molecule has 5 N–H and O–H groups in total. The average Bonchev–Trinajstić information content (AvgIpc) is 2.16.